The average molecular weight is 206 g/mol. The first-order valence-corrected chi connectivity index (χ1v) is 4.47. The SMILES string of the molecule is O=C1NC(=S)NC1=Cc1cccc[nH+]1. The summed E-state index contributed by atoms with van der Waals surface area (Å²) < 4.78 is 0. The fraction of sp³-hybridized carbons (Fsp3) is 0. The van der Waals surface area contributed by atoms with Gasteiger partial charge in [0.1, 0.15) is 5.70 Å². The fourth-order valence-corrected chi connectivity index (χ4v) is 1.34. The molecule has 0 saturated carbocycles. The van der Waals surface area contributed by atoms with Gasteiger partial charge in [-0.25, -0.2) is 4.98 Å². The van der Waals surface area contributed by atoms with Crippen LogP contribution in [0.5, 0.6) is 0 Å². The summed E-state index contributed by atoms with van der Waals surface area (Å²) in [7, 11) is 0. The van der Waals surface area contributed by atoms with Crippen LogP contribution in [-0.4, -0.2) is 11.0 Å². The van der Waals surface area contributed by atoms with Crippen LogP contribution in [0.1, 0.15) is 5.69 Å². The van der Waals surface area contributed by atoms with Gasteiger partial charge in [0.25, 0.3) is 5.91 Å². The topological polar surface area (TPSA) is 55.3 Å². The van der Waals surface area contributed by atoms with Gasteiger partial charge >= 0.3 is 0 Å². The van der Waals surface area contributed by atoms with Gasteiger partial charge in [-0.3, -0.25) is 10.1 Å². The van der Waals surface area contributed by atoms with E-state index in [0.29, 0.717) is 10.8 Å². The van der Waals surface area contributed by atoms with Gasteiger partial charge in [0.05, 0.1) is 0 Å². The molecule has 1 aromatic heterocycles. The van der Waals surface area contributed by atoms with Gasteiger partial charge in [-0.2, -0.15) is 0 Å². The number of pyridine rings is 1. The van der Waals surface area contributed by atoms with Gasteiger partial charge in [-0.05, 0) is 18.3 Å². The fourth-order valence-electron chi connectivity index (χ4n) is 1.13. The molecule has 4 nitrogen and oxygen atoms in total. The molecule has 1 fully saturated rings. The number of thiocarbonyl (C=S) groups is 1. The largest absolute Gasteiger partial charge is 0.328 e. The number of hydrogen-bond donors (Lipinski definition) is 2. The molecule has 0 spiro atoms. The summed E-state index contributed by atoms with van der Waals surface area (Å²) in [5.41, 5.74) is 1.30. The summed E-state index contributed by atoms with van der Waals surface area (Å²) in [6.45, 7) is 0. The van der Waals surface area contributed by atoms with Crippen LogP contribution in [-0.2, 0) is 4.79 Å². The Bertz CT molecular complexity index is 413. The Labute approximate surface area is 86.0 Å². The molecule has 2 heterocycles. The minimum atomic E-state index is -0.202. The van der Waals surface area contributed by atoms with Gasteiger partial charge < -0.3 is 5.32 Å². The molecule has 1 aliphatic rings. The molecular formula is C9H8N3OS+. The minimum Gasteiger partial charge on any atom is -0.328 e. The van der Waals surface area contributed by atoms with E-state index < -0.39 is 0 Å². The Balaban J connectivity index is 2.28. The van der Waals surface area contributed by atoms with Gasteiger partial charge in [-0.15, -0.1) is 0 Å². The highest BCUT2D eigenvalue weighted by molar-refractivity contribution is 7.80. The van der Waals surface area contributed by atoms with Gasteiger partial charge in [0, 0.05) is 18.2 Å². The van der Waals surface area contributed by atoms with Crippen molar-refractivity contribution in [1.29, 1.82) is 0 Å². The zero-order chi connectivity index (χ0) is 9.97. The highest BCUT2D eigenvalue weighted by atomic mass is 32.1. The highest BCUT2D eigenvalue weighted by Gasteiger charge is 2.20. The maximum Gasteiger partial charge on any atom is 0.274 e. The van der Waals surface area contributed by atoms with Crippen LogP contribution in [0.2, 0.25) is 0 Å². The molecule has 1 saturated heterocycles. The Morgan fingerprint density at radius 1 is 1.36 bits per heavy atom. The van der Waals surface area contributed by atoms with Crippen LogP contribution < -0.4 is 15.6 Å². The Hall–Kier alpha value is -1.75. The molecule has 1 aromatic rings. The molecule has 1 aliphatic heterocycles. The summed E-state index contributed by atoms with van der Waals surface area (Å²) >= 11 is 4.80. The van der Waals surface area contributed by atoms with E-state index in [-0.39, 0.29) is 5.91 Å². The lowest BCUT2D eigenvalue weighted by Crippen LogP contribution is -2.21. The number of amides is 1. The Kier molecular flexibility index (Phi) is 2.24. The van der Waals surface area contributed by atoms with E-state index in [1.807, 2.05) is 18.2 Å². The molecular weight excluding hydrogens is 198 g/mol. The zero-order valence-electron chi connectivity index (χ0n) is 7.20. The molecule has 70 valence electrons. The third kappa shape index (κ3) is 1.77. The smallest absolute Gasteiger partial charge is 0.274 e. The van der Waals surface area contributed by atoms with E-state index in [4.69, 9.17) is 12.2 Å². The Morgan fingerprint density at radius 2 is 2.21 bits per heavy atom. The van der Waals surface area contributed by atoms with Crippen LogP contribution in [0.3, 0.4) is 0 Å². The van der Waals surface area contributed by atoms with E-state index in [9.17, 15) is 4.79 Å². The number of carbonyl (C=O) groups excluding carboxylic acids is 1. The number of rotatable bonds is 1. The van der Waals surface area contributed by atoms with Crippen molar-refractivity contribution in [3.8, 4) is 0 Å². The van der Waals surface area contributed by atoms with Crippen LogP contribution >= 0.6 is 12.2 Å². The number of carbonyl (C=O) groups is 1. The molecule has 0 atom stereocenters. The van der Waals surface area contributed by atoms with E-state index in [2.05, 4.69) is 15.6 Å². The van der Waals surface area contributed by atoms with Gasteiger partial charge in [0.15, 0.2) is 11.3 Å². The number of aromatic amines is 1. The van der Waals surface area contributed by atoms with E-state index in [1.165, 1.54) is 0 Å². The van der Waals surface area contributed by atoms with E-state index in [0.717, 1.165) is 5.69 Å². The van der Waals surface area contributed by atoms with E-state index >= 15 is 0 Å². The minimum absolute atomic E-state index is 0.202. The molecule has 2 rings (SSSR count). The lowest BCUT2D eigenvalue weighted by Gasteiger charge is -1.90. The first-order chi connectivity index (χ1) is 6.75. The van der Waals surface area contributed by atoms with Crippen LogP contribution in [0, 0.1) is 0 Å². The zero-order valence-corrected chi connectivity index (χ0v) is 8.02. The van der Waals surface area contributed by atoms with Gasteiger partial charge in [0.2, 0.25) is 5.69 Å². The van der Waals surface area contributed by atoms with Crippen molar-refractivity contribution in [2.24, 2.45) is 0 Å². The summed E-state index contributed by atoms with van der Waals surface area (Å²) in [4.78, 5) is 14.2. The predicted molar refractivity (Wildman–Crippen MR) is 54.9 cm³/mol. The molecule has 14 heavy (non-hydrogen) atoms. The maximum absolute atomic E-state index is 11.2. The lowest BCUT2D eigenvalue weighted by atomic mass is 10.3. The summed E-state index contributed by atoms with van der Waals surface area (Å²) in [5, 5.41) is 5.59. The average Bonchev–Trinajstić information content (AvgIpc) is 2.47. The highest BCUT2D eigenvalue weighted by Crippen LogP contribution is 2.02. The molecule has 1 amide bonds. The lowest BCUT2D eigenvalue weighted by molar-refractivity contribution is -0.380. The van der Waals surface area contributed by atoms with E-state index in [1.54, 1.807) is 12.3 Å². The third-order valence-corrected chi connectivity index (χ3v) is 1.96. The normalized spacial score (nSPS) is 18.1. The molecule has 0 aromatic carbocycles. The maximum atomic E-state index is 11.2. The second-order valence-corrected chi connectivity index (χ2v) is 3.19. The van der Waals surface area contributed by atoms with Crippen molar-refractivity contribution in [1.82, 2.24) is 10.6 Å². The molecule has 5 heteroatoms. The quantitative estimate of drug-likeness (QED) is 0.496. The molecule has 0 radical (unpaired) electrons. The molecule has 0 bridgehead atoms. The standard InChI is InChI=1S/C9H7N3OS/c13-8-7(11-9(14)12-8)5-6-3-1-2-4-10-6/h1-5H,(H2,11,12,13,14)/p+1. The molecule has 0 aliphatic carbocycles. The first kappa shape index (κ1) is 8.83. The number of H-pyrrole nitrogens is 1. The van der Waals surface area contributed by atoms with Crippen molar-refractivity contribution >= 4 is 29.3 Å². The van der Waals surface area contributed by atoms with Crippen molar-refractivity contribution < 1.29 is 9.78 Å². The first-order valence-electron chi connectivity index (χ1n) is 4.06. The third-order valence-electron chi connectivity index (χ3n) is 1.75. The molecule has 3 N–H and O–H groups in total. The summed E-state index contributed by atoms with van der Waals surface area (Å²) in [6, 6.07) is 5.62. The predicted octanol–water partition coefficient (Wildman–Crippen LogP) is -0.154. The molecule has 0 unspecified atom stereocenters. The second kappa shape index (κ2) is 3.55. The van der Waals surface area contributed by atoms with Crippen LogP contribution in [0.4, 0.5) is 0 Å². The van der Waals surface area contributed by atoms with Gasteiger partial charge in [-0.1, -0.05) is 0 Å². The summed E-state index contributed by atoms with van der Waals surface area (Å²) in [6.07, 6.45) is 3.49. The summed E-state index contributed by atoms with van der Waals surface area (Å²) in [5.74, 6) is -0.202. The van der Waals surface area contributed by atoms with Crippen molar-refractivity contribution in [3.05, 3.63) is 35.8 Å². The van der Waals surface area contributed by atoms with Crippen molar-refractivity contribution in [3.63, 3.8) is 0 Å². The Morgan fingerprint density at radius 3 is 2.79 bits per heavy atom. The number of hydrogen-bond acceptors (Lipinski definition) is 2. The van der Waals surface area contributed by atoms with Crippen molar-refractivity contribution in [2.45, 2.75) is 0 Å². The second-order valence-electron chi connectivity index (χ2n) is 2.78. The van der Waals surface area contributed by atoms with Crippen LogP contribution in [0.25, 0.3) is 6.08 Å². The van der Waals surface area contributed by atoms with Crippen molar-refractivity contribution in [2.75, 3.05) is 0 Å². The number of nitrogens with one attached hydrogen (secondary N) is 3. The number of aromatic nitrogens is 1. The monoisotopic (exact) mass is 206 g/mol. The van der Waals surface area contributed by atoms with Crippen LogP contribution in [0.15, 0.2) is 30.1 Å².